The van der Waals surface area contributed by atoms with E-state index in [0.29, 0.717) is 5.69 Å². The van der Waals surface area contributed by atoms with Crippen LogP contribution in [-0.2, 0) is 16.0 Å². The number of hydrogen-bond acceptors (Lipinski definition) is 5. The topological polar surface area (TPSA) is 70.5 Å². The summed E-state index contributed by atoms with van der Waals surface area (Å²) < 4.78 is 0.773. The second-order valence-electron chi connectivity index (χ2n) is 3.83. The van der Waals surface area contributed by atoms with E-state index in [0.717, 1.165) is 17.3 Å². The van der Waals surface area contributed by atoms with Crippen LogP contribution >= 0.6 is 23.1 Å². The van der Waals surface area contributed by atoms with E-state index in [4.69, 9.17) is 5.11 Å². The number of thioether (sulfide) groups is 1. The highest BCUT2D eigenvalue weighted by atomic mass is 32.2. The molecule has 1 fully saturated rings. The Balaban J connectivity index is 1.97. The molecule has 0 aromatic carbocycles. The first-order valence-corrected chi connectivity index (χ1v) is 6.90. The first-order valence-electron chi connectivity index (χ1n) is 5.14. The molecule has 1 atom stereocenters. The molecule has 1 aromatic heterocycles. The van der Waals surface area contributed by atoms with Gasteiger partial charge < -0.3 is 10.0 Å². The molecule has 7 heteroatoms. The van der Waals surface area contributed by atoms with Crippen molar-refractivity contribution in [3.05, 3.63) is 11.1 Å². The summed E-state index contributed by atoms with van der Waals surface area (Å²) in [5.41, 5.74) is 0.559. The zero-order chi connectivity index (χ0) is 12.4. The van der Waals surface area contributed by atoms with Gasteiger partial charge in [-0.3, -0.25) is 9.59 Å². The van der Waals surface area contributed by atoms with Crippen LogP contribution in [0.1, 0.15) is 12.1 Å². The first-order chi connectivity index (χ1) is 8.06. The van der Waals surface area contributed by atoms with Crippen LogP contribution in [0.15, 0.2) is 9.72 Å². The average Bonchev–Trinajstić information content (AvgIpc) is 2.80. The average molecular weight is 272 g/mol. The molecule has 17 heavy (non-hydrogen) atoms. The van der Waals surface area contributed by atoms with E-state index in [-0.39, 0.29) is 17.6 Å². The van der Waals surface area contributed by atoms with Crippen molar-refractivity contribution in [3.8, 4) is 0 Å². The Morgan fingerprint density at radius 2 is 2.53 bits per heavy atom. The maximum Gasteiger partial charge on any atom is 0.309 e. The van der Waals surface area contributed by atoms with Gasteiger partial charge in [-0.1, -0.05) is 11.8 Å². The van der Waals surface area contributed by atoms with Crippen LogP contribution in [0.2, 0.25) is 0 Å². The fourth-order valence-corrected chi connectivity index (χ4v) is 3.78. The van der Waals surface area contributed by atoms with Crippen molar-refractivity contribution in [2.75, 3.05) is 13.6 Å². The largest absolute Gasteiger partial charge is 0.481 e. The fourth-order valence-electron chi connectivity index (χ4n) is 1.60. The first kappa shape index (κ1) is 12.4. The monoisotopic (exact) mass is 272 g/mol. The molecule has 1 saturated heterocycles. The number of aromatic nitrogens is 1. The third-order valence-electron chi connectivity index (χ3n) is 2.48. The molecule has 1 aromatic rings. The van der Waals surface area contributed by atoms with E-state index < -0.39 is 5.97 Å². The van der Waals surface area contributed by atoms with Gasteiger partial charge in [0, 0.05) is 19.0 Å². The molecule has 0 saturated carbocycles. The molecule has 1 aliphatic rings. The zero-order valence-electron chi connectivity index (χ0n) is 9.25. The molecule has 2 heterocycles. The van der Waals surface area contributed by atoms with Crippen molar-refractivity contribution in [2.45, 2.75) is 22.4 Å². The van der Waals surface area contributed by atoms with E-state index in [1.165, 1.54) is 23.1 Å². The molecule has 92 valence electrons. The maximum atomic E-state index is 11.7. The normalized spacial score (nSPS) is 19.9. The number of likely N-dealkylation sites (tertiary alicyclic amines) is 1. The summed E-state index contributed by atoms with van der Waals surface area (Å²) in [5, 5.41) is 10.3. The van der Waals surface area contributed by atoms with Gasteiger partial charge in [-0.15, -0.1) is 11.3 Å². The Labute approximate surface area is 107 Å². The summed E-state index contributed by atoms with van der Waals surface area (Å²) in [4.78, 5) is 28.1. The van der Waals surface area contributed by atoms with Gasteiger partial charge in [-0.25, -0.2) is 4.98 Å². The highest BCUT2D eigenvalue weighted by Crippen LogP contribution is 2.32. The summed E-state index contributed by atoms with van der Waals surface area (Å²) in [6.07, 6.45) is 0.767. The Morgan fingerprint density at radius 3 is 3.12 bits per heavy atom. The summed E-state index contributed by atoms with van der Waals surface area (Å²) in [7, 11) is 1.79. The lowest BCUT2D eigenvalue weighted by Gasteiger charge is -2.07. The predicted octanol–water partition coefficient (Wildman–Crippen LogP) is 1.09. The van der Waals surface area contributed by atoms with Gasteiger partial charge in [0.2, 0.25) is 5.91 Å². The molecule has 0 radical (unpaired) electrons. The highest BCUT2D eigenvalue weighted by Gasteiger charge is 2.30. The van der Waals surface area contributed by atoms with Gasteiger partial charge in [-0.2, -0.15) is 0 Å². The maximum absolute atomic E-state index is 11.7. The lowest BCUT2D eigenvalue weighted by atomic mass is 10.3. The van der Waals surface area contributed by atoms with Crippen LogP contribution in [0.3, 0.4) is 0 Å². The number of amides is 1. The minimum atomic E-state index is -0.886. The number of thiazole rings is 1. The van der Waals surface area contributed by atoms with Crippen LogP contribution in [0.25, 0.3) is 0 Å². The van der Waals surface area contributed by atoms with Gasteiger partial charge in [0.15, 0.2) is 4.34 Å². The Morgan fingerprint density at radius 1 is 1.76 bits per heavy atom. The summed E-state index contributed by atoms with van der Waals surface area (Å²) in [5.74, 6) is -0.756. The molecule has 1 amide bonds. The Bertz CT molecular complexity index is 447. The van der Waals surface area contributed by atoms with Crippen molar-refractivity contribution >= 4 is 35.0 Å². The lowest BCUT2D eigenvalue weighted by Crippen LogP contribution is -2.23. The lowest BCUT2D eigenvalue weighted by molar-refractivity contribution is -0.136. The van der Waals surface area contributed by atoms with Crippen LogP contribution in [-0.4, -0.2) is 45.7 Å². The Hall–Kier alpha value is -1.08. The third-order valence-corrected chi connectivity index (χ3v) is 4.76. The van der Waals surface area contributed by atoms with E-state index in [1.807, 2.05) is 0 Å². The standard InChI is InChI=1S/C10H12N2O3S2/c1-12-3-2-7(9(12)15)17-10-11-6(5-16-10)4-8(13)14/h5,7H,2-4H2,1H3,(H,13,14). The second-order valence-corrected chi connectivity index (χ2v) is 6.14. The fraction of sp³-hybridized carbons (Fsp3) is 0.500. The van der Waals surface area contributed by atoms with Gasteiger partial charge in [0.1, 0.15) is 0 Å². The molecule has 5 nitrogen and oxygen atoms in total. The van der Waals surface area contributed by atoms with Gasteiger partial charge in [0.25, 0.3) is 0 Å². The third kappa shape index (κ3) is 2.98. The number of carboxylic acids is 1. The highest BCUT2D eigenvalue weighted by molar-refractivity contribution is 8.02. The molecule has 0 spiro atoms. The molecule has 1 aliphatic heterocycles. The molecule has 2 rings (SSSR count). The number of rotatable bonds is 4. The van der Waals surface area contributed by atoms with Crippen molar-refractivity contribution in [1.29, 1.82) is 0 Å². The van der Waals surface area contributed by atoms with E-state index in [1.54, 1.807) is 17.3 Å². The minimum absolute atomic E-state index is 0.0599. The molecule has 0 aliphatic carbocycles. The minimum Gasteiger partial charge on any atom is -0.481 e. The molecule has 1 unspecified atom stereocenters. The van der Waals surface area contributed by atoms with Gasteiger partial charge in [-0.05, 0) is 6.42 Å². The predicted molar refractivity (Wildman–Crippen MR) is 65.4 cm³/mol. The summed E-state index contributed by atoms with van der Waals surface area (Å²) in [6.45, 7) is 0.782. The summed E-state index contributed by atoms with van der Waals surface area (Å²) >= 11 is 2.83. The van der Waals surface area contributed by atoms with Crippen molar-refractivity contribution in [1.82, 2.24) is 9.88 Å². The van der Waals surface area contributed by atoms with Crippen molar-refractivity contribution in [3.63, 3.8) is 0 Å². The molecule has 0 bridgehead atoms. The van der Waals surface area contributed by atoms with E-state index >= 15 is 0 Å². The van der Waals surface area contributed by atoms with Crippen molar-refractivity contribution < 1.29 is 14.7 Å². The van der Waals surface area contributed by atoms with Gasteiger partial charge >= 0.3 is 5.97 Å². The quantitative estimate of drug-likeness (QED) is 0.888. The number of aliphatic carboxylic acids is 1. The number of nitrogens with zero attached hydrogens (tertiary/aromatic N) is 2. The SMILES string of the molecule is CN1CCC(Sc2nc(CC(=O)O)cs2)C1=O. The number of carbonyl (C=O) groups excluding carboxylic acids is 1. The molecular weight excluding hydrogens is 260 g/mol. The van der Waals surface area contributed by atoms with E-state index in [2.05, 4.69) is 4.98 Å². The second kappa shape index (κ2) is 5.05. The number of carbonyl (C=O) groups is 2. The van der Waals surface area contributed by atoms with Crippen LogP contribution in [0.5, 0.6) is 0 Å². The Kier molecular flexibility index (Phi) is 3.68. The smallest absolute Gasteiger partial charge is 0.309 e. The number of carboxylic acid groups (broad SMARTS) is 1. The van der Waals surface area contributed by atoms with Crippen molar-refractivity contribution in [2.24, 2.45) is 0 Å². The van der Waals surface area contributed by atoms with Gasteiger partial charge in [0.05, 0.1) is 17.4 Å². The van der Waals surface area contributed by atoms with Crippen LogP contribution in [0.4, 0.5) is 0 Å². The van der Waals surface area contributed by atoms with E-state index in [9.17, 15) is 9.59 Å². The number of hydrogen-bond donors (Lipinski definition) is 1. The summed E-state index contributed by atoms with van der Waals surface area (Å²) in [6, 6.07) is 0. The van der Waals surface area contributed by atoms with Crippen LogP contribution in [0, 0.1) is 0 Å². The molecule has 1 N–H and O–H groups in total. The van der Waals surface area contributed by atoms with Crippen LogP contribution < -0.4 is 0 Å². The molecular formula is C10H12N2O3S2. The zero-order valence-corrected chi connectivity index (χ0v) is 10.9.